The average molecular weight is 175 g/mol. The van der Waals surface area contributed by atoms with Crippen molar-refractivity contribution in [2.24, 2.45) is 0 Å². The fourth-order valence-electron chi connectivity index (χ4n) is 1.07. The van der Waals surface area contributed by atoms with E-state index < -0.39 is 0 Å². The normalized spacial score (nSPS) is 15.0. The summed E-state index contributed by atoms with van der Waals surface area (Å²) in [4.78, 5) is 0. The first-order valence-corrected chi connectivity index (χ1v) is 4.04. The van der Waals surface area contributed by atoms with Crippen molar-refractivity contribution in [3.63, 3.8) is 0 Å². The second-order valence-corrected chi connectivity index (χ2v) is 2.85. The molecule has 0 aromatic heterocycles. The minimum absolute atomic E-state index is 0.536. The minimum atomic E-state index is 0.536. The summed E-state index contributed by atoms with van der Waals surface area (Å²) < 4.78 is 0. The lowest BCUT2D eigenvalue weighted by Gasteiger charge is -2.00. The summed E-state index contributed by atoms with van der Waals surface area (Å²) in [7, 11) is 0. The molecule has 1 N–H and O–H groups in total. The van der Waals surface area contributed by atoms with Gasteiger partial charge in [0.25, 0.3) is 0 Å². The maximum Gasteiger partial charge on any atom is 0.197 e. The zero-order valence-electron chi connectivity index (χ0n) is 6.32. The van der Waals surface area contributed by atoms with Gasteiger partial charge in [-0.1, -0.05) is 30.3 Å². The molecule has 0 aliphatic carbocycles. The molecule has 0 spiro atoms. The Morgan fingerprint density at radius 3 is 2.50 bits per heavy atom. The third-order valence-corrected chi connectivity index (χ3v) is 1.84. The summed E-state index contributed by atoms with van der Waals surface area (Å²) >= 11 is 4.87. The van der Waals surface area contributed by atoms with Crippen LogP contribution in [0, 0.1) is 0 Å². The SMILES string of the molecule is S=C1[N]C=C(c2ccccc2)N1. The highest BCUT2D eigenvalue weighted by atomic mass is 32.1. The van der Waals surface area contributed by atoms with Crippen molar-refractivity contribution >= 4 is 23.0 Å². The van der Waals surface area contributed by atoms with E-state index in [2.05, 4.69) is 10.6 Å². The molecule has 0 saturated heterocycles. The number of thiocarbonyl (C=S) groups is 1. The van der Waals surface area contributed by atoms with E-state index in [0.29, 0.717) is 5.11 Å². The number of hydrogen-bond acceptors (Lipinski definition) is 1. The van der Waals surface area contributed by atoms with Crippen molar-refractivity contribution < 1.29 is 0 Å². The topological polar surface area (TPSA) is 26.1 Å². The highest BCUT2D eigenvalue weighted by Crippen LogP contribution is 2.12. The lowest BCUT2D eigenvalue weighted by atomic mass is 10.2. The zero-order valence-corrected chi connectivity index (χ0v) is 7.14. The Balaban J connectivity index is 2.28. The molecule has 59 valence electrons. The lowest BCUT2D eigenvalue weighted by Crippen LogP contribution is -2.17. The Morgan fingerprint density at radius 2 is 1.92 bits per heavy atom. The first-order valence-electron chi connectivity index (χ1n) is 3.64. The Labute approximate surface area is 76.3 Å². The summed E-state index contributed by atoms with van der Waals surface area (Å²) in [6, 6.07) is 9.98. The molecule has 0 amide bonds. The van der Waals surface area contributed by atoms with Crippen molar-refractivity contribution in [1.82, 2.24) is 10.6 Å². The van der Waals surface area contributed by atoms with E-state index in [0.717, 1.165) is 11.3 Å². The average Bonchev–Trinajstić information content (AvgIpc) is 2.54. The standard InChI is InChI=1S/C9H7N2S/c12-9-10-6-8(11-9)7-4-2-1-3-5-7/h1-6H,(H,11,12). The predicted molar refractivity (Wildman–Crippen MR) is 52.3 cm³/mol. The Hall–Kier alpha value is -1.35. The van der Waals surface area contributed by atoms with Crippen LogP contribution in [-0.4, -0.2) is 5.11 Å². The molecule has 0 unspecified atom stereocenters. The van der Waals surface area contributed by atoms with E-state index in [9.17, 15) is 0 Å². The van der Waals surface area contributed by atoms with Crippen LogP contribution in [0.2, 0.25) is 0 Å². The van der Waals surface area contributed by atoms with Gasteiger partial charge in [-0.15, -0.1) is 0 Å². The van der Waals surface area contributed by atoms with Gasteiger partial charge in [0.1, 0.15) is 0 Å². The molecule has 1 radical (unpaired) electrons. The summed E-state index contributed by atoms with van der Waals surface area (Å²) in [6.07, 6.45) is 1.75. The molecule has 2 rings (SSSR count). The van der Waals surface area contributed by atoms with Gasteiger partial charge in [-0.2, -0.15) is 0 Å². The van der Waals surface area contributed by atoms with Crippen LogP contribution in [0.25, 0.3) is 5.70 Å². The molecule has 1 aromatic rings. The Bertz CT molecular complexity index is 330. The van der Waals surface area contributed by atoms with Crippen LogP contribution in [-0.2, 0) is 0 Å². The summed E-state index contributed by atoms with van der Waals surface area (Å²) in [6.45, 7) is 0. The van der Waals surface area contributed by atoms with E-state index in [1.54, 1.807) is 6.20 Å². The smallest absolute Gasteiger partial charge is 0.197 e. The maximum atomic E-state index is 4.87. The van der Waals surface area contributed by atoms with Crippen LogP contribution in [0.1, 0.15) is 5.56 Å². The largest absolute Gasteiger partial charge is 0.329 e. The molecule has 1 aliphatic heterocycles. The second kappa shape index (κ2) is 2.95. The number of nitrogens with zero attached hydrogens (tertiary/aromatic N) is 1. The summed E-state index contributed by atoms with van der Waals surface area (Å²) in [5, 5.41) is 7.48. The van der Waals surface area contributed by atoms with E-state index in [-0.39, 0.29) is 0 Å². The van der Waals surface area contributed by atoms with Crippen LogP contribution >= 0.6 is 12.2 Å². The van der Waals surface area contributed by atoms with Gasteiger partial charge in [0, 0.05) is 0 Å². The third kappa shape index (κ3) is 1.31. The molecule has 0 atom stereocenters. The first-order chi connectivity index (χ1) is 5.86. The number of hydrogen-bond donors (Lipinski definition) is 1. The monoisotopic (exact) mass is 175 g/mol. The van der Waals surface area contributed by atoms with Crippen LogP contribution < -0.4 is 10.6 Å². The van der Waals surface area contributed by atoms with Gasteiger partial charge in [0.2, 0.25) is 0 Å². The van der Waals surface area contributed by atoms with E-state index in [1.165, 1.54) is 0 Å². The molecule has 0 saturated carbocycles. The van der Waals surface area contributed by atoms with E-state index >= 15 is 0 Å². The first kappa shape index (κ1) is 7.31. The van der Waals surface area contributed by atoms with Crippen LogP contribution in [0.3, 0.4) is 0 Å². The van der Waals surface area contributed by atoms with Gasteiger partial charge >= 0.3 is 0 Å². The molecule has 1 aliphatic rings. The highest BCUT2D eigenvalue weighted by molar-refractivity contribution is 7.80. The Morgan fingerprint density at radius 1 is 1.17 bits per heavy atom. The van der Waals surface area contributed by atoms with Crippen LogP contribution in [0.5, 0.6) is 0 Å². The van der Waals surface area contributed by atoms with Crippen molar-refractivity contribution in [3.8, 4) is 0 Å². The van der Waals surface area contributed by atoms with E-state index in [4.69, 9.17) is 12.2 Å². The number of benzene rings is 1. The summed E-state index contributed by atoms with van der Waals surface area (Å²) in [5.74, 6) is 0. The molecule has 2 nitrogen and oxygen atoms in total. The van der Waals surface area contributed by atoms with Crippen molar-refractivity contribution in [2.75, 3.05) is 0 Å². The summed E-state index contributed by atoms with van der Waals surface area (Å²) in [5.41, 5.74) is 2.08. The van der Waals surface area contributed by atoms with Gasteiger partial charge < -0.3 is 5.32 Å². The van der Waals surface area contributed by atoms with E-state index in [1.807, 2.05) is 30.3 Å². The fourth-order valence-corrected chi connectivity index (χ4v) is 1.23. The van der Waals surface area contributed by atoms with Gasteiger partial charge in [-0.05, 0) is 17.8 Å². The van der Waals surface area contributed by atoms with Crippen LogP contribution in [0.4, 0.5) is 0 Å². The van der Waals surface area contributed by atoms with Gasteiger partial charge in [0.05, 0.1) is 11.9 Å². The fraction of sp³-hybridized carbons (Fsp3) is 0. The molecule has 3 heteroatoms. The number of nitrogens with one attached hydrogen (secondary N) is 1. The Kier molecular flexibility index (Phi) is 1.80. The molecule has 1 heterocycles. The number of rotatable bonds is 1. The maximum absolute atomic E-state index is 4.87. The molecule has 12 heavy (non-hydrogen) atoms. The quantitative estimate of drug-likeness (QED) is 0.654. The molecular formula is C9H7N2S. The van der Waals surface area contributed by atoms with Crippen LogP contribution in [0.15, 0.2) is 36.5 Å². The molecule has 1 aromatic carbocycles. The van der Waals surface area contributed by atoms with Crippen molar-refractivity contribution in [1.29, 1.82) is 0 Å². The highest BCUT2D eigenvalue weighted by Gasteiger charge is 2.09. The molecule has 0 bridgehead atoms. The van der Waals surface area contributed by atoms with Gasteiger partial charge in [-0.25, -0.2) is 5.32 Å². The zero-order chi connectivity index (χ0) is 8.39. The third-order valence-electron chi connectivity index (χ3n) is 1.64. The predicted octanol–water partition coefficient (Wildman–Crippen LogP) is 1.48. The van der Waals surface area contributed by atoms with Gasteiger partial charge in [-0.3, -0.25) is 0 Å². The second-order valence-electron chi connectivity index (χ2n) is 2.47. The van der Waals surface area contributed by atoms with Crippen molar-refractivity contribution in [2.45, 2.75) is 0 Å². The van der Waals surface area contributed by atoms with Gasteiger partial charge in [0.15, 0.2) is 5.11 Å². The molecule has 0 fully saturated rings. The minimum Gasteiger partial charge on any atom is -0.329 e. The lowest BCUT2D eigenvalue weighted by molar-refractivity contribution is 1.27. The molecular weight excluding hydrogens is 168 g/mol. The van der Waals surface area contributed by atoms with Crippen molar-refractivity contribution in [3.05, 3.63) is 42.1 Å².